The zero-order valence-electron chi connectivity index (χ0n) is 14.1. The molecular weight excluding hydrogens is 337 g/mol. The molecule has 1 aliphatic heterocycles. The van der Waals surface area contributed by atoms with Crippen LogP contribution in [0.3, 0.4) is 0 Å². The zero-order valence-corrected chi connectivity index (χ0v) is 14.1. The molecule has 2 N–H and O–H groups in total. The number of furan rings is 1. The summed E-state index contributed by atoms with van der Waals surface area (Å²) in [5, 5.41) is 8.37. The summed E-state index contributed by atoms with van der Waals surface area (Å²) < 4.78 is 21.1. The van der Waals surface area contributed by atoms with Crippen molar-refractivity contribution >= 4 is 5.91 Å². The second-order valence-corrected chi connectivity index (χ2v) is 6.16. The van der Waals surface area contributed by atoms with Crippen LogP contribution >= 0.6 is 0 Å². The van der Waals surface area contributed by atoms with E-state index < -0.39 is 0 Å². The van der Waals surface area contributed by atoms with E-state index in [9.17, 15) is 9.18 Å². The third-order valence-electron chi connectivity index (χ3n) is 4.58. The highest BCUT2D eigenvalue weighted by molar-refractivity contribution is 5.92. The van der Waals surface area contributed by atoms with Crippen LogP contribution in [-0.2, 0) is 26.1 Å². The third kappa shape index (κ3) is 2.88. The number of rotatable bonds is 4. The summed E-state index contributed by atoms with van der Waals surface area (Å²) in [5.74, 6) is 1.17. The molecule has 1 aliphatic rings. The van der Waals surface area contributed by atoms with Crippen molar-refractivity contribution in [2.24, 2.45) is 5.73 Å². The monoisotopic (exact) mass is 355 g/mol. The summed E-state index contributed by atoms with van der Waals surface area (Å²) in [6.45, 7) is 1.62. The lowest BCUT2D eigenvalue weighted by atomic mass is 10.1. The Hall–Kier alpha value is -3.00. The molecule has 2 aromatic heterocycles. The molecule has 3 aromatic rings. The lowest BCUT2D eigenvalue weighted by Gasteiger charge is -2.27. The second-order valence-electron chi connectivity index (χ2n) is 6.16. The summed E-state index contributed by atoms with van der Waals surface area (Å²) in [7, 11) is 0. The molecule has 0 unspecified atom stereocenters. The van der Waals surface area contributed by atoms with Crippen LogP contribution < -0.4 is 5.73 Å². The number of aromatic nitrogens is 3. The van der Waals surface area contributed by atoms with Gasteiger partial charge in [0.05, 0.1) is 12.8 Å². The van der Waals surface area contributed by atoms with E-state index in [0.717, 1.165) is 0 Å². The Morgan fingerprint density at radius 3 is 2.85 bits per heavy atom. The smallest absolute Gasteiger partial charge is 0.290 e. The van der Waals surface area contributed by atoms with Crippen LogP contribution in [0.5, 0.6) is 0 Å². The van der Waals surface area contributed by atoms with Crippen molar-refractivity contribution in [1.82, 2.24) is 19.7 Å². The Labute approximate surface area is 149 Å². The number of carbonyl (C=O) groups is 1. The molecule has 134 valence electrons. The second kappa shape index (κ2) is 6.72. The number of nitrogens with two attached hydrogens (primary N) is 1. The highest BCUT2D eigenvalue weighted by atomic mass is 19.1. The van der Waals surface area contributed by atoms with E-state index in [4.69, 9.17) is 10.2 Å². The molecule has 7 nitrogen and oxygen atoms in total. The average molecular weight is 355 g/mol. The first-order valence-corrected chi connectivity index (χ1v) is 8.37. The Kier molecular flexibility index (Phi) is 4.26. The summed E-state index contributed by atoms with van der Waals surface area (Å²) in [5.41, 5.74) is 6.90. The number of halogens is 1. The topological polar surface area (TPSA) is 90.2 Å². The first-order chi connectivity index (χ1) is 12.7. The average Bonchev–Trinajstić information content (AvgIpc) is 3.29. The molecule has 0 saturated carbocycles. The van der Waals surface area contributed by atoms with Gasteiger partial charge in [-0.2, -0.15) is 0 Å². The first kappa shape index (κ1) is 16.5. The maximum Gasteiger partial charge on any atom is 0.290 e. The van der Waals surface area contributed by atoms with Gasteiger partial charge in [0.15, 0.2) is 11.6 Å². The minimum atomic E-state index is -0.260. The van der Waals surface area contributed by atoms with Crippen LogP contribution in [0.2, 0.25) is 0 Å². The van der Waals surface area contributed by atoms with Crippen LogP contribution in [0.15, 0.2) is 41.0 Å². The Balaban J connectivity index is 1.53. The molecule has 3 heterocycles. The molecule has 0 atom stereocenters. The largest absolute Gasteiger partial charge is 0.459 e. The summed E-state index contributed by atoms with van der Waals surface area (Å²) in [6.07, 6.45) is 1.83. The van der Waals surface area contributed by atoms with Crippen LogP contribution in [-0.4, -0.2) is 32.1 Å². The van der Waals surface area contributed by atoms with Gasteiger partial charge in [0.2, 0.25) is 0 Å². The van der Waals surface area contributed by atoms with E-state index in [1.54, 1.807) is 29.2 Å². The molecule has 0 saturated heterocycles. The van der Waals surface area contributed by atoms with Gasteiger partial charge in [-0.05, 0) is 17.7 Å². The summed E-state index contributed by atoms with van der Waals surface area (Å²) in [4.78, 5) is 14.3. The fourth-order valence-electron chi connectivity index (χ4n) is 3.16. The predicted molar refractivity (Wildman–Crippen MR) is 90.6 cm³/mol. The summed E-state index contributed by atoms with van der Waals surface area (Å²) in [6, 6.07) is 8.32. The normalized spacial score (nSPS) is 13.7. The highest BCUT2D eigenvalue weighted by Gasteiger charge is 2.28. The SMILES string of the molecule is NCc1ccoc1C(=O)N1CCn2c(Cc3ccccc3F)nnc2C1. The number of hydrogen-bond donors (Lipinski definition) is 1. The van der Waals surface area contributed by atoms with Crippen LogP contribution in [0.25, 0.3) is 0 Å². The van der Waals surface area contributed by atoms with Gasteiger partial charge in [-0.1, -0.05) is 18.2 Å². The standard InChI is InChI=1S/C18H18FN5O2/c19-14-4-2-1-3-12(14)9-15-21-22-16-11-23(6-7-24(15)16)18(25)17-13(10-20)5-8-26-17/h1-5,8H,6-7,9-11,20H2. The molecule has 0 spiro atoms. The van der Waals surface area contributed by atoms with Gasteiger partial charge in [-0.25, -0.2) is 4.39 Å². The van der Waals surface area contributed by atoms with Crippen molar-refractivity contribution < 1.29 is 13.6 Å². The van der Waals surface area contributed by atoms with Gasteiger partial charge in [0, 0.05) is 31.6 Å². The molecule has 1 amide bonds. The van der Waals surface area contributed by atoms with E-state index >= 15 is 0 Å². The van der Waals surface area contributed by atoms with Gasteiger partial charge in [0.1, 0.15) is 11.6 Å². The van der Waals surface area contributed by atoms with Gasteiger partial charge in [-0.3, -0.25) is 4.79 Å². The van der Waals surface area contributed by atoms with Crippen LogP contribution in [0, 0.1) is 5.82 Å². The molecule has 0 radical (unpaired) electrons. The van der Waals surface area contributed by atoms with Gasteiger partial charge >= 0.3 is 0 Å². The zero-order chi connectivity index (χ0) is 18.1. The molecule has 0 aliphatic carbocycles. The van der Waals surface area contributed by atoms with Gasteiger partial charge in [0.25, 0.3) is 5.91 Å². The van der Waals surface area contributed by atoms with Crippen molar-refractivity contribution in [1.29, 1.82) is 0 Å². The number of amides is 1. The quantitative estimate of drug-likeness (QED) is 0.769. The van der Waals surface area contributed by atoms with Gasteiger partial charge in [-0.15, -0.1) is 10.2 Å². The Bertz CT molecular complexity index is 949. The van der Waals surface area contributed by atoms with Crippen molar-refractivity contribution in [2.75, 3.05) is 6.54 Å². The van der Waals surface area contributed by atoms with Crippen molar-refractivity contribution in [3.63, 3.8) is 0 Å². The molecule has 8 heteroatoms. The third-order valence-corrected chi connectivity index (χ3v) is 4.58. The van der Waals surface area contributed by atoms with E-state index in [2.05, 4.69) is 10.2 Å². The number of hydrogen-bond acceptors (Lipinski definition) is 5. The minimum absolute atomic E-state index is 0.208. The minimum Gasteiger partial charge on any atom is -0.459 e. The number of benzene rings is 1. The van der Waals surface area contributed by atoms with E-state index in [1.807, 2.05) is 4.57 Å². The Morgan fingerprint density at radius 2 is 2.04 bits per heavy atom. The van der Waals surface area contributed by atoms with Crippen LogP contribution in [0.4, 0.5) is 4.39 Å². The van der Waals surface area contributed by atoms with Crippen molar-refractivity contribution in [3.05, 3.63) is 70.9 Å². The molecule has 0 fully saturated rings. The van der Waals surface area contributed by atoms with Gasteiger partial charge < -0.3 is 19.6 Å². The summed E-state index contributed by atoms with van der Waals surface area (Å²) >= 11 is 0. The maximum absolute atomic E-state index is 13.9. The number of nitrogens with zero attached hydrogens (tertiary/aromatic N) is 4. The maximum atomic E-state index is 13.9. The number of fused-ring (bicyclic) bond motifs is 1. The number of carbonyl (C=O) groups excluding carboxylic acids is 1. The molecule has 4 rings (SSSR count). The van der Waals surface area contributed by atoms with E-state index in [-0.39, 0.29) is 24.0 Å². The van der Waals surface area contributed by atoms with Crippen molar-refractivity contribution in [3.8, 4) is 0 Å². The Morgan fingerprint density at radius 1 is 1.19 bits per heavy atom. The fourth-order valence-corrected chi connectivity index (χ4v) is 3.16. The van der Waals surface area contributed by atoms with E-state index in [0.29, 0.717) is 48.8 Å². The molecule has 26 heavy (non-hydrogen) atoms. The highest BCUT2D eigenvalue weighted by Crippen LogP contribution is 2.20. The fraction of sp³-hybridized carbons (Fsp3) is 0.278. The van der Waals surface area contributed by atoms with E-state index in [1.165, 1.54) is 12.3 Å². The predicted octanol–water partition coefficient (Wildman–Crippen LogP) is 1.72. The van der Waals surface area contributed by atoms with Crippen molar-refractivity contribution in [2.45, 2.75) is 26.1 Å². The lowest BCUT2D eigenvalue weighted by Crippen LogP contribution is -2.39. The van der Waals surface area contributed by atoms with Crippen LogP contribution in [0.1, 0.15) is 33.3 Å². The lowest BCUT2D eigenvalue weighted by molar-refractivity contribution is 0.0672. The molecular formula is C18H18FN5O2. The first-order valence-electron chi connectivity index (χ1n) is 8.37. The molecule has 0 bridgehead atoms. The molecule has 1 aromatic carbocycles.